The summed E-state index contributed by atoms with van der Waals surface area (Å²) < 4.78 is 59.2. The molecule has 0 aliphatic carbocycles. The SMILES string of the molecule is COc1ccc(N2CCCS2(=O)=O)cc1NS(=O)(=O)c1ccc(Br)cc1. The summed E-state index contributed by atoms with van der Waals surface area (Å²) in [5, 5.41) is 0. The van der Waals surface area contributed by atoms with Crippen molar-refractivity contribution >= 4 is 47.4 Å². The molecule has 0 atom stereocenters. The van der Waals surface area contributed by atoms with Crippen LogP contribution in [0.4, 0.5) is 11.4 Å². The van der Waals surface area contributed by atoms with E-state index in [4.69, 9.17) is 4.74 Å². The van der Waals surface area contributed by atoms with Crippen LogP contribution < -0.4 is 13.8 Å². The first kappa shape index (κ1) is 19.0. The van der Waals surface area contributed by atoms with Crippen molar-refractivity contribution in [2.75, 3.05) is 28.4 Å². The highest BCUT2D eigenvalue weighted by atomic mass is 79.9. The Bertz CT molecular complexity index is 1020. The van der Waals surface area contributed by atoms with Crippen molar-refractivity contribution in [1.82, 2.24) is 0 Å². The minimum atomic E-state index is -3.85. The molecule has 0 unspecified atom stereocenters. The van der Waals surface area contributed by atoms with Gasteiger partial charge in [0.05, 0.1) is 29.1 Å². The van der Waals surface area contributed by atoms with Crippen LogP contribution >= 0.6 is 15.9 Å². The number of hydrogen-bond donors (Lipinski definition) is 1. The summed E-state index contributed by atoms with van der Waals surface area (Å²) in [5.74, 6) is 0.380. The summed E-state index contributed by atoms with van der Waals surface area (Å²) >= 11 is 3.26. The second-order valence-corrected chi connectivity index (χ2v) is 10.3. The van der Waals surface area contributed by atoms with Gasteiger partial charge < -0.3 is 4.74 Å². The number of halogens is 1. The quantitative estimate of drug-likeness (QED) is 0.740. The lowest BCUT2D eigenvalue weighted by molar-refractivity contribution is 0.417. The fraction of sp³-hybridized carbons (Fsp3) is 0.250. The largest absolute Gasteiger partial charge is 0.495 e. The van der Waals surface area contributed by atoms with E-state index in [1.165, 1.54) is 29.6 Å². The van der Waals surface area contributed by atoms with E-state index in [1.54, 1.807) is 24.3 Å². The summed E-state index contributed by atoms with van der Waals surface area (Å²) in [4.78, 5) is 0.0851. The molecule has 0 radical (unpaired) electrons. The summed E-state index contributed by atoms with van der Waals surface area (Å²) in [7, 11) is -5.80. The maximum atomic E-state index is 12.6. The average Bonchev–Trinajstić information content (AvgIpc) is 2.94. The van der Waals surface area contributed by atoms with Gasteiger partial charge in [-0.25, -0.2) is 16.8 Å². The first-order valence-corrected chi connectivity index (χ1v) is 11.6. The molecule has 0 spiro atoms. The Hall–Kier alpha value is -1.78. The van der Waals surface area contributed by atoms with Crippen molar-refractivity contribution < 1.29 is 21.6 Å². The number of methoxy groups -OCH3 is 1. The van der Waals surface area contributed by atoms with Crippen molar-refractivity contribution in [3.05, 3.63) is 46.9 Å². The van der Waals surface area contributed by atoms with Crippen LogP contribution in [0.15, 0.2) is 51.8 Å². The minimum absolute atomic E-state index is 0.0823. The number of rotatable bonds is 5. The van der Waals surface area contributed by atoms with Gasteiger partial charge in [-0.1, -0.05) is 15.9 Å². The highest BCUT2D eigenvalue weighted by Crippen LogP contribution is 2.34. The van der Waals surface area contributed by atoms with Crippen molar-refractivity contribution in [3.63, 3.8) is 0 Å². The maximum absolute atomic E-state index is 12.6. The van der Waals surface area contributed by atoms with Crippen LogP contribution in [0.1, 0.15) is 6.42 Å². The van der Waals surface area contributed by atoms with Gasteiger partial charge in [0.1, 0.15) is 5.75 Å². The first-order valence-electron chi connectivity index (χ1n) is 7.70. The van der Waals surface area contributed by atoms with Gasteiger partial charge >= 0.3 is 0 Å². The van der Waals surface area contributed by atoms with Gasteiger partial charge in [-0.3, -0.25) is 9.03 Å². The lowest BCUT2D eigenvalue weighted by Crippen LogP contribution is -2.25. The molecule has 140 valence electrons. The Morgan fingerprint density at radius 1 is 1.15 bits per heavy atom. The van der Waals surface area contributed by atoms with Crippen LogP contribution in [0.5, 0.6) is 5.75 Å². The highest BCUT2D eigenvalue weighted by molar-refractivity contribution is 9.10. The molecule has 0 saturated carbocycles. The molecular formula is C16H17BrN2O5S2. The molecule has 3 rings (SSSR count). The third-order valence-corrected chi connectivity index (χ3v) is 7.72. The van der Waals surface area contributed by atoms with E-state index < -0.39 is 20.0 Å². The number of ether oxygens (including phenoxy) is 1. The predicted molar refractivity (Wildman–Crippen MR) is 104 cm³/mol. The normalized spacial score (nSPS) is 16.5. The molecule has 0 amide bonds. The van der Waals surface area contributed by atoms with Crippen LogP contribution in [0.3, 0.4) is 0 Å². The van der Waals surface area contributed by atoms with Gasteiger partial charge in [0.15, 0.2) is 0 Å². The molecule has 1 fully saturated rings. The number of nitrogens with zero attached hydrogens (tertiary/aromatic N) is 1. The molecule has 1 saturated heterocycles. The molecular weight excluding hydrogens is 444 g/mol. The molecule has 1 N–H and O–H groups in total. The molecule has 1 aliphatic rings. The Morgan fingerprint density at radius 3 is 2.42 bits per heavy atom. The van der Waals surface area contributed by atoms with E-state index in [9.17, 15) is 16.8 Å². The Kier molecular flexibility index (Phi) is 5.18. The highest BCUT2D eigenvalue weighted by Gasteiger charge is 2.29. The van der Waals surface area contributed by atoms with Crippen molar-refractivity contribution in [3.8, 4) is 5.75 Å². The Balaban J connectivity index is 1.98. The van der Waals surface area contributed by atoms with E-state index >= 15 is 0 Å². The topological polar surface area (TPSA) is 92.8 Å². The van der Waals surface area contributed by atoms with E-state index in [0.29, 0.717) is 24.4 Å². The number of hydrogen-bond acceptors (Lipinski definition) is 5. The zero-order chi connectivity index (χ0) is 18.9. The third kappa shape index (κ3) is 3.81. The fourth-order valence-corrected chi connectivity index (χ4v) is 5.56. The predicted octanol–water partition coefficient (Wildman–Crippen LogP) is 2.80. The van der Waals surface area contributed by atoms with E-state index in [1.807, 2.05) is 0 Å². The Labute approximate surface area is 161 Å². The number of benzene rings is 2. The monoisotopic (exact) mass is 460 g/mol. The van der Waals surface area contributed by atoms with Crippen molar-refractivity contribution in [1.29, 1.82) is 0 Å². The van der Waals surface area contributed by atoms with E-state index in [2.05, 4.69) is 20.7 Å². The van der Waals surface area contributed by atoms with Crippen molar-refractivity contribution in [2.45, 2.75) is 11.3 Å². The summed E-state index contributed by atoms with van der Waals surface area (Å²) in [6.45, 7) is 0.369. The van der Waals surface area contributed by atoms with Crippen molar-refractivity contribution in [2.24, 2.45) is 0 Å². The van der Waals surface area contributed by atoms with Crippen LogP contribution in [-0.4, -0.2) is 36.2 Å². The van der Waals surface area contributed by atoms with Gasteiger partial charge in [-0.05, 0) is 48.9 Å². The van der Waals surface area contributed by atoms with Crippen LogP contribution in [0.2, 0.25) is 0 Å². The molecule has 2 aromatic rings. The molecule has 2 aromatic carbocycles. The Morgan fingerprint density at radius 2 is 1.85 bits per heavy atom. The van der Waals surface area contributed by atoms with E-state index in [0.717, 1.165) is 4.47 Å². The zero-order valence-electron chi connectivity index (χ0n) is 13.8. The number of anilines is 2. The summed E-state index contributed by atoms with van der Waals surface area (Å²) in [6.07, 6.45) is 0.536. The smallest absolute Gasteiger partial charge is 0.262 e. The van der Waals surface area contributed by atoms with Gasteiger partial charge in [0, 0.05) is 11.0 Å². The standard InChI is InChI=1S/C16H17BrN2O5S2/c1-24-16-8-5-13(19-9-2-10-25(19,20)21)11-15(16)18-26(22,23)14-6-3-12(17)4-7-14/h3-8,11,18H,2,9-10H2,1H3. The fourth-order valence-electron chi connectivity index (χ4n) is 2.68. The molecule has 0 aromatic heterocycles. The molecule has 26 heavy (non-hydrogen) atoms. The van der Waals surface area contributed by atoms with Gasteiger partial charge in [0.25, 0.3) is 10.0 Å². The molecule has 1 aliphatic heterocycles. The van der Waals surface area contributed by atoms with Crippen LogP contribution in [0, 0.1) is 0 Å². The minimum Gasteiger partial charge on any atom is -0.495 e. The van der Waals surface area contributed by atoms with Gasteiger partial charge in [-0.15, -0.1) is 0 Å². The molecule has 1 heterocycles. The second kappa shape index (κ2) is 7.09. The summed E-state index contributed by atoms with van der Waals surface area (Å²) in [5.41, 5.74) is 0.576. The molecule has 7 nitrogen and oxygen atoms in total. The van der Waals surface area contributed by atoms with Crippen LogP contribution in [0.25, 0.3) is 0 Å². The first-order chi connectivity index (χ1) is 12.2. The average molecular weight is 461 g/mol. The number of sulfonamides is 2. The maximum Gasteiger partial charge on any atom is 0.262 e. The van der Waals surface area contributed by atoms with Crippen LogP contribution in [-0.2, 0) is 20.0 Å². The molecule has 0 bridgehead atoms. The van der Waals surface area contributed by atoms with Gasteiger partial charge in [-0.2, -0.15) is 0 Å². The number of nitrogens with one attached hydrogen (secondary N) is 1. The second-order valence-electron chi connectivity index (χ2n) is 5.69. The zero-order valence-corrected chi connectivity index (χ0v) is 17.1. The molecule has 10 heteroatoms. The summed E-state index contributed by atoms with van der Waals surface area (Å²) in [6, 6.07) is 10.8. The third-order valence-electron chi connectivity index (χ3n) is 3.94. The van der Waals surface area contributed by atoms with Gasteiger partial charge in [0.2, 0.25) is 10.0 Å². The van der Waals surface area contributed by atoms with E-state index in [-0.39, 0.29) is 16.3 Å². The lowest BCUT2D eigenvalue weighted by Gasteiger charge is -2.19. The lowest BCUT2D eigenvalue weighted by atomic mass is 10.2.